The largest absolute Gasteiger partial charge is 0.341 e. The average molecular weight is 598 g/mol. The summed E-state index contributed by atoms with van der Waals surface area (Å²) in [5, 5.41) is 8.00. The predicted octanol–water partition coefficient (Wildman–Crippen LogP) is 4.84. The highest BCUT2D eigenvalue weighted by molar-refractivity contribution is 14.2. The number of nitrogens with one attached hydrogen (secondary N) is 1. The molecule has 1 N–H and O–H groups in total. The van der Waals surface area contributed by atoms with Crippen LogP contribution in [0.25, 0.3) is 0 Å². The predicted molar refractivity (Wildman–Crippen MR) is 143 cm³/mol. The number of nitrogens with zero attached hydrogens (tertiary/aromatic N) is 4. The first kappa shape index (κ1) is 25.3. The van der Waals surface area contributed by atoms with Gasteiger partial charge >= 0.3 is 0 Å². The topological polar surface area (TPSA) is 80.1 Å². The molecule has 2 aromatic rings. The lowest BCUT2D eigenvalue weighted by Crippen LogP contribution is -2.54. The number of halogens is 2. The number of aromatic nitrogens is 3. The maximum Gasteiger partial charge on any atom is 0.275 e. The van der Waals surface area contributed by atoms with Crippen LogP contribution in [0.15, 0.2) is 36.9 Å². The number of rotatable bonds is 8. The van der Waals surface area contributed by atoms with E-state index in [1.807, 2.05) is 40.2 Å². The highest BCUT2D eigenvalue weighted by Gasteiger charge is 2.43. The Kier molecular flexibility index (Phi) is 8.74. The van der Waals surface area contributed by atoms with E-state index in [1.165, 1.54) is 32.1 Å². The molecule has 2 heterocycles. The van der Waals surface area contributed by atoms with Crippen molar-refractivity contribution in [3.8, 4) is 0 Å². The van der Waals surface area contributed by atoms with Gasteiger partial charge in [-0.3, -0.25) is 14.3 Å². The summed E-state index contributed by atoms with van der Waals surface area (Å²) < 4.78 is 5.64. The summed E-state index contributed by atoms with van der Waals surface area (Å²) in [5.41, 5.74) is 1.11. The van der Waals surface area contributed by atoms with Gasteiger partial charge in [0.15, 0.2) is 0 Å². The molecule has 1 atom stereocenters. The van der Waals surface area contributed by atoms with Crippen molar-refractivity contribution in [1.82, 2.24) is 25.0 Å². The minimum Gasteiger partial charge on any atom is -0.341 e. The lowest BCUT2D eigenvalue weighted by molar-refractivity contribution is -0.136. The Labute approximate surface area is 216 Å². The van der Waals surface area contributed by atoms with Crippen molar-refractivity contribution in [3.05, 3.63) is 47.5 Å². The molecule has 184 valence electrons. The maximum absolute atomic E-state index is 13.6. The van der Waals surface area contributed by atoms with Gasteiger partial charge in [0.1, 0.15) is 18.7 Å². The fraction of sp³-hybridized carbons (Fsp3) is 0.560. The number of hydrogen-bond acceptors (Lipinski definition) is 4. The Morgan fingerprint density at radius 1 is 1.18 bits per heavy atom. The molecule has 1 aromatic carbocycles. The van der Waals surface area contributed by atoms with Gasteiger partial charge in [-0.25, -0.2) is 4.98 Å². The van der Waals surface area contributed by atoms with Gasteiger partial charge in [0.2, 0.25) is 5.91 Å². The van der Waals surface area contributed by atoms with Gasteiger partial charge in [-0.15, -0.1) is 0 Å². The van der Waals surface area contributed by atoms with Crippen molar-refractivity contribution in [2.75, 3.05) is 13.1 Å². The lowest BCUT2D eigenvalue weighted by Gasteiger charge is -2.48. The van der Waals surface area contributed by atoms with E-state index in [0.29, 0.717) is 30.5 Å². The molecule has 9 heteroatoms. The van der Waals surface area contributed by atoms with E-state index < -0.39 is 26.8 Å². The van der Waals surface area contributed by atoms with Crippen molar-refractivity contribution in [1.29, 1.82) is 0 Å². The Balaban J connectivity index is 1.47. The number of carbonyl (C=O) groups excluding carboxylic acids is 2. The molecule has 1 aromatic heterocycles. The van der Waals surface area contributed by atoms with Crippen LogP contribution in [0.3, 0.4) is 0 Å². The van der Waals surface area contributed by atoms with Gasteiger partial charge in [0.05, 0.1) is 0 Å². The van der Waals surface area contributed by atoms with Crippen LogP contribution >= 0.6 is 32.3 Å². The molecule has 2 amide bonds. The van der Waals surface area contributed by atoms with Crippen molar-refractivity contribution in [3.63, 3.8) is 0 Å². The molecule has 1 saturated carbocycles. The summed E-state index contributed by atoms with van der Waals surface area (Å²) in [4.78, 5) is 31.9. The second-order valence-electron chi connectivity index (χ2n) is 9.55. The van der Waals surface area contributed by atoms with E-state index in [1.54, 1.807) is 6.33 Å². The van der Waals surface area contributed by atoms with E-state index in [2.05, 4.69) is 19.9 Å². The normalized spacial score (nSPS) is 19.5. The second-order valence-corrected chi connectivity index (χ2v) is 11.7. The van der Waals surface area contributed by atoms with Gasteiger partial charge in [0.25, 0.3) is 3.91 Å². The van der Waals surface area contributed by atoms with E-state index in [9.17, 15) is 9.59 Å². The summed E-state index contributed by atoms with van der Waals surface area (Å²) in [6.45, 7) is 2.27. The molecule has 0 bridgehead atoms. The average Bonchev–Trinajstić information content (AvgIpc) is 3.38. The third-order valence-corrected chi connectivity index (χ3v) is 8.80. The van der Waals surface area contributed by atoms with Crippen LogP contribution in [0.4, 0.5) is 4.79 Å². The molecule has 1 saturated heterocycles. The van der Waals surface area contributed by atoms with Crippen molar-refractivity contribution in [2.24, 2.45) is 11.3 Å². The fourth-order valence-electron chi connectivity index (χ4n) is 5.67. The van der Waals surface area contributed by atoms with Crippen LogP contribution in [-0.4, -0.2) is 53.1 Å². The fourth-order valence-corrected chi connectivity index (χ4v) is 6.39. The zero-order chi connectivity index (χ0) is 24.0. The van der Waals surface area contributed by atoms with E-state index in [4.69, 9.17) is 11.6 Å². The highest BCUT2D eigenvalue weighted by Crippen LogP contribution is 2.47. The first-order chi connectivity index (χ1) is 16.5. The van der Waals surface area contributed by atoms with Gasteiger partial charge in [-0.1, -0.05) is 47.5 Å². The summed E-state index contributed by atoms with van der Waals surface area (Å²) >= 11 is 5.15. The Hall–Kier alpha value is -1.81. The minimum absolute atomic E-state index is 0.00115. The lowest BCUT2D eigenvalue weighted by atomic mass is 9.63. The van der Waals surface area contributed by atoms with E-state index in [0.717, 1.165) is 24.9 Å². The van der Waals surface area contributed by atoms with E-state index >= 15 is 0 Å². The smallest absolute Gasteiger partial charge is 0.275 e. The molecule has 0 spiro atoms. The summed E-state index contributed by atoms with van der Waals surface area (Å²) in [5.74, 6) is 0.655. The number of hydrogen-bond donors (Lipinski definition) is 1. The quantitative estimate of drug-likeness (QED) is 0.268. The molecule has 34 heavy (non-hydrogen) atoms. The highest BCUT2D eigenvalue weighted by atomic mass is 127. The van der Waals surface area contributed by atoms with Crippen molar-refractivity contribution in [2.45, 2.75) is 64.0 Å². The third-order valence-electron chi connectivity index (χ3n) is 7.55. The summed E-state index contributed by atoms with van der Waals surface area (Å²) in [6.07, 6.45) is 12.2. The van der Waals surface area contributed by atoms with Crippen LogP contribution in [0, 0.1) is 11.3 Å². The number of benzene rings is 1. The SMILES string of the molecule is C=IC(=O)N[C@H](Cc1ccc(Cl)cc1)C(=O)N1CCC(Cn2cncn2)(C2CCCCC2)CC1. The molecular formula is C25H33ClIN5O2. The van der Waals surface area contributed by atoms with Gasteiger partial charge in [-0.2, -0.15) is 5.10 Å². The monoisotopic (exact) mass is 597 g/mol. The summed E-state index contributed by atoms with van der Waals surface area (Å²) in [7, 11) is 0. The molecule has 7 nitrogen and oxygen atoms in total. The third kappa shape index (κ3) is 6.24. The molecule has 4 rings (SSSR count). The van der Waals surface area contributed by atoms with Gasteiger partial charge < -0.3 is 10.2 Å². The van der Waals surface area contributed by atoms with Gasteiger partial charge in [0, 0.05) is 31.1 Å². The Morgan fingerprint density at radius 2 is 1.88 bits per heavy atom. The molecular weight excluding hydrogens is 565 g/mol. The number of amides is 2. The standard InChI is InChI=1S/C25H33ClIN5O2/c1-27-24(34)30-22(15-19-7-9-21(26)10-8-19)23(33)31-13-11-25(12-14-31,16-32-18-28-17-29-32)20-5-3-2-4-6-20/h7-10,17-18,20,22H,1-6,11-16H2,(H,30,34)/t22-/m1/s1. The molecule has 0 unspecified atom stereocenters. The van der Waals surface area contributed by atoms with Gasteiger partial charge in [-0.05, 0) is 75.4 Å². The van der Waals surface area contributed by atoms with Crippen molar-refractivity contribution < 1.29 is 9.59 Å². The first-order valence-corrected chi connectivity index (χ1v) is 15.0. The van der Waals surface area contributed by atoms with Crippen molar-refractivity contribution >= 4 is 46.7 Å². The second kappa shape index (κ2) is 11.7. The number of carbonyl (C=O) groups is 2. The zero-order valence-corrected chi connectivity index (χ0v) is 22.4. The minimum atomic E-state index is -0.871. The van der Waals surface area contributed by atoms with Crippen LogP contribution in [0.2, 0.25) is 5.02 Å². The molecule has 2 aliphatic rings. The Morgan fingerprint density at radius 3 is 2.50 bits per heavy atom. The molecule has 1 aliphatic heterocycles. The van der Waals surface area contributed by atoms with Crippen LogP contribution < -0.4 is 5.32 Å². The van der Waals surface area contributed by atoms with Crippen LogP contribution in [0.5, 0.6) is 0 Å². The summed E-state index contributed by atoms with van der Waals surface area (Å²) in [6, 6.07) is 6.89. The zero-order valence-electron chi connectivity index (χ0n) is 19.5. The Bertz CT molecular complexity index is 968. The van der Waals surface area contributed by atoms with Crippen LogP contribution in [0.1, 0.15) is 50.5 Å². The number of likely N-dealkylation sites (tertiary alicyclic amines) is 1. The molecule has 2 fully saturated rings. The molecule has 1 aliphatic carbocycles. The molecule has 0 radical (unpaired) electrons. The van der Waals surface area contributed by atoms with E-state index in [-0.39, 0.29) is 15.2 Å². The maximum atomic E-state index is 13.6. The number of piperidine rings is 1. The first-order valence-electron chi connectivity index (χ1n) is 12.0. The van der Waals surface area contributed by atoms with Crippen LogP contribution in [-0.2, 0) is 17.8 Å².